The molecule has 0 bridgehead atoms. The Labute approximate surface area is 197 Å². The summed E-state index contributed by atoms with van der Waals surface area (Å²) in [4.78, 5) is 38.0. The molecule has 0 saturated carbocycles. The number of amides is 2. The number of hydrogen-bond acceptors (Lipinski definition) is 7. The number of rotatable bonds is 11. The number of unbranched alkanes of at least 4 members (excludes halogenated alkanes) is 1. The summed E-state index contributed by atoms with van der Waals surface area (Å²) in [5.41, 5.74) is 1.72. The first kappa shape index (κ1) is 24.4. The quantitative estimate of drug-likeness (QED) is 0.259. The predicted molar refractivity (Wildman–Crippen MR) is 127 cm³/mol. The number of hydrogen-bond donors (Lipinski definition) is 0. The van der Waals surface area contributed by atoms with Gasteiger partial charge in [-0.05, 0) is 54.4 Å². The fourth-order valence-corrected chi connectivity index (χ4v) is 3.87. The molecule has 0 aromatic heterocycles. The van der Waals surface area contributed by atoms with E-state index in [1.54, 1.807) is 24.3 Å². The highest BCUT2D eigenvalue weighted by Crippen LogP contribution is 2.35. The summed E-state index contributed by atoms with van der Waals surface area (Å²) in [5.74, 6) is 0.0204. The summed E-state index contributed by atoms with van der Waals surface area (Å²) < 4.78 is 16.7. The zero-order valence-electron chi connectivity index (χ0n) is 18.7. The van der Waals surface area contributed by atoms with Gasteiger partial charge in [-0.3, -0.25) is 19.3 Å². The van der Waals surface area contributed by atoms with Crippen LogP contribution in [0.4, 0.5) is 4.79 Å². The first-order valence-corrected chi connectivity index (χ1v) is 11.7. The Morgan fingerprint density at radius 1 is 1.03 bits per heavy atom. The average molecular weight is 470 g/mol. The highest BCUT2D eigenvalue weighted by Gasteiger charge is 2.36. The molecule has 2 aromatic rings. The number of nitrogens with zero attached hydrogens (tertiary/aromatic N) is 1. The van der Waals surface area contributed by atoms with Crippen LogP contribution < -0.4 is 9.47 Å². The molecule has 0 atom stereocenters. The third-order valence-electron chi connectivity index (χ3n) is 4.72. The molecule has 0 unspecified atom stereocenters. The molecule has 1 aliphatic heterocycles. The number of benzene rings is 2. The zero-order chi connectivity index (χ0) is 23.6. The van der Waals surface area contributed by atoms with Crippen LogP contribution in [0.5, 0.6) is 11.5 Å². The van der Waals surface area contributed by atoms with Gasteiger partial charge in [0.05, 0.1) is 18.1 Å². The van der Waals surface area contributed by atoms with E-state index in [0.717, 1.165) is 35.1 Å². The van der Waals surface area contributed by atoms with E-state index in [-0.39, 0.29) is 18.1 Å². The van der Waals surface area contributed by atoms with Gasteiger partial charge >= 0.3 is 5.97 Å². The maximum Gasteiger partial charge on any atom is 0.326 e. The third kappa shape index (κ3) is 6.86. The molecule has 2 amide bonds. The minimum atomic E-state index is -0.592. The molecule has 1 aliphatic rings. The molecule has 2 aromatic carbocycles. The lowest BCUT2D eigenvalue weighted by Gasteiger charge is -2.13. The summed E-state index contributed by atoms with van der Waals surface area (Å²) >= 11 is 0.797. The Hall–Kier alpha value is -3.26. The summed E-state index contributed by atoms with van der Waals surface area (Å²) in [6.45, 7) is 4.59. The van der Waals surface area contributed by atoms with Crippen LogP contribution in [0, 0.1) is 0 Å². The lowest BCUT2D eigenvalue weighted by molar-refractivity contribution is -0.146. The summed E-state index contributed by atoms with van der Waals surface area (Å²) in [5, 5.41) is -0.494. The Morgan fingerprint density at radius 2 is 1.82 bits per heavy atom. The van der Waals surface area contributed by atoms with Crippen molar-refractivity contribution >= 4 is 35.0 Å². The molecule has 3 rings (SSSR count). The smallest absolute Gasteiger partial charge is 0.326 e. The van der Waals surface area contributed by atoms with Crippen molar-refractivity contribution in [2.75, 3.05) is 19.8 Å². The molecule has 1 heterocycles. The van der Waals surface area contributed by atoms with E-state index in [1.165, 1.54) is 0 Å². The fourth-order valence-electron chi connectivity index (χ4n) is 3.03. The molecule has 1 saturated heterocycles. The predicted octanol–water partition coefficient (Wildman–Crippen LogP) is 5.04. The van der Waals surface area contributed by atoms with Crippen molar-refractivity contribution in [3.05, 3.63) is 64.6 Å². The van der Waals surface area contributed by atoms with Crippen LogP contribution in [0.1, 0.15) is 37.8 Å². The van der Waals surface area contributed by atoms with Crippen molar-refractivity contribution in [2.45, 2.75) is 33.3 Å². The van der Waals surface area contributed by atoms with E-state index < -0.39 is 17.1 Å². The fraction of sp³-hybridized carbons (Fsp3) is 0.320. The van der Waals surface area contributed by atoms with Gasteiger partial charge in [0.1, 0.15) is 13.2 Å². The van der Waals surface area contributed by atoms with Crippen LogP contribution in [0.2, 0.25) is 0 Å². The van der Waals surface area contributed by atoms with E-state index in [1.807, 2.05) is 44.2 Å². The Balaban J connectivity index is 1.70. The Morgan fingerprint density at radius 3 is 2.55 bits per heavy atom. The van der Waals surface area contributed by atoms with E-state index in [9.17, 15) is 14.4 Å². The van der Waals surface area contributed by atoms with Crippen LogP contribution in [0.3, 0.4) is 0 Å². The maximum absolute atomic E-state index is 12.7. The normalized spacial score (nSPS) is 14.6. The van der Waals surface area contributed by atoms with Crippen molar-refractivity contribution in [1.82, 2.24) is 4.90 Å². The first-order valence-electron chi connectivity index (χ1n) is 10.9. The van der Waals surface area contributed by atoms with E-state index in [4.69, 9.17) is 14.2 Å². The van der Waals surface area contributed by atoms with Gasteiger partial charge < -0.3 is 14.2 Å². The molecule has 0 N–H and O–H groups in total. The van der Waals surface area contributed by atoms with Crippen LogP contribution in [-0.2, 0) is 20.9 Å². The van der Waals surface area contributed by atoms with Gasteiger partial charge in [0, 0.05) is 0 Å². The van der Waals surface area contributed by atoms with E-state index in [0.29, 0.717) is 30.3 Å². The van der Waals surface area contributed by atoms with Crippen molar-refractivity contribution in [2.24, 2.45) is 0 Å². The van der Waals surface area contributed by atoms with Gasteiger partial charge in [0.25, 0.3) is 11.1 Å². The average Bonchev–Trinajstić information content (AvgIpc) is 3.07. The lowest BCUT2D eigenvalue weighted by Crippen LogP contribution is -2.34. The van der Waals surface area contributed by atoms with Gasteiger partial charge in [0.2, 0.25) is 0 Å². The summed E-state index contributed by atoms with van der Waals surface area (Å²) in [6, 6.07) is 15.1. The number of imide groups is 1. The largest absolute Gasteiger partial charge is 0.490 e. The number of carbonyl (C=O) groups excluding carboxylic acids is 3. The van der Waals surface area contributed by atoms with Crippen LogP contribution in [0.25, 0.3) is 6.08 Å². The van der Waals surface area contributed by atoms with Crippen LogP contribution in [-0.4, -0.2) is 41.8 Å². The first-order chi connectivity index (χ1) is 16.0. The lowest BCUT2D eigenvalue weighted by atomic mass is 10.1. The maximum atomic E-state index is 12.7. The van der Waals surface area contributed by atoms with Gasteiger partial charge in [-0.1, -0.05) is 49.7 Å². The van der Waals surface area contributed by atoms with Gasteiger partial charge in [-0.2, -0.15) is 0 Å². The minimum Gasteiger partial charge on any atom is -0.490 e. The van der Waals surface area contributed by atoms with Crippen LogP contribution >= 0.6 is 11.8 Å². The molecule has 7 nitrogen and oxygen atoms in total. The SMILES string of the molecule is CCCCOC(=O)CN1C(=O)S/C(=C/c2ccc(OCc3ccccc3)c(OCC)c2)C1=O. The molecule has 33 heavy (non-hydrogen) atoms. The van der Waals surface area contributed by atoms with Crippen molar-refractivity contribution in [3.8, 4) is 11.5 Å². The third-order valence-corrected chi connectivity index (χ3v) is 5.63. The molecular weight excluding hydrogens is 442 g/mol. The number of ether oxygens (including phenoxy) is 3. The number of thioether (sulfide) groups is 1. The monoisotopic (exact) mass is 469 g/mol. The topological polar surface area (TPSA) is 82.1 Å². The van der Waals surface area contributed by atoms with Crippen molar-refractivity contribution < 1.29 is 28.6 Å². The zero-order valence-corrected chi connectivity index (χ0v) is 19.6. The second kappa shape index (κ2) is 12.1. The Kier molecular flexibility index (Phi) is 8.95. The standard InChI is InChI=1S/C25H27NO6S/c1-3-5-13-31-23(27)16-26-24(28)22(33-25(26)29)15-19-11-12-20(21(14-19)30-4-2)32-17-18-9-7-6-8-10-18/h6-12,14-15H,3-5,13,16-17H2,1-2H3/b22-15+. The van der Waals surface area contributed by atoms with Gasteiger partial charge in [-0.25, -0.2) is 0 Å². The molecule has 0 spiro atoms. The second-order valence-electron chi connectivity index (χ2n) is 7.26. The van der Waals surface area contributed by atoms with Crippen molar-refractivity contribution in [3.63, 3.8) is 0 Å². The van der Waals surface area contributed by atoms with Gasteiger partial charge in [-0.15, -0.1) is 0 Å². The minimum absolute atomic E-state index is 0.238. The molecule has 1 fully saturated rings. The molecule has 0 radical (unpaired) electrons. The number of esters is 1. The second-order valence-corrected chi connectivity index (χ2v) is 8.25. The van der Waals surface area contributed by atoms with Gasteiger partial charge in [0.15, 0.2) is 11.5 Å². The van der Waals surface area contributed by atoms with E-state index >= 15 is 0 Å². The molecule has 174 valence electrons. The highest BCUT2D eigenvalue weighted by molar-refractivity contribution is 8.18. The molecule has 8 heteroatoms. The van der Waals surface area contributed by atoms with Crippen molar-refractivity contribution in [1.29, 1.82) is 0 Å². The Bertz CT molecular complexity index is 1020. The molecular formula is C25H27NO6S. The summed E-state index contributed by atoms with van der Waals surface area (Å²) in [7, 11) is 0. The number of carbonyl (C=O) groups is 3. The molecule has 0 aliphatic carbocycles. The van der Waals surface area contributed by atoms with Crippen LogP contribution in [0.15, 0.2) is 53.4 Å². The van der Waals surface area contributed by atoms with E-state index in [2.05, 4.69) is 0 Å². The highest BCUT2D eigenvalue weighted by atomic mass is 32.2. The summed E-state index contributed by atoms with van der Waals surface area (Å²) in [6.07, 6.45) is 3.23.